The number of azide groups is 1. The third-order valence-corrected chi connectivity index (χ3v) is 2.79. The van der Waals surface area contributed by atoms with Gasteiger partial charge in [-0.3, -0.25) is 0 Å². The maximum atomic E-state index is 13.1. The Bertz CT molecular complexity index is 510. The van der Waals surface area contributed by atoms with Crippen LogP contribution >= 0.6 is 11.6 Å². The molecule has 1 aromatic rings. The Labute approximate surface area is 83.8 Å². The number of sulfonamides is 1. The molecule has 0 bridgehead atoms. The molecule has 0 spiro atoms. The van der Waals surface area contributed by atoms with Crippen LogP contribution in [0.1, 0.15) is 0 Å². The normalized spacial score (nSPS) is 10.7. The molecule has 0 radical (unpaired) electrons. The van der Waals surface area contributed by atoms with Crippen LogP contribution in [0.3, 0.4) is 0 Å². The van der Waals surface area contributed by atoms with Crippen molar-refractivity contribution in [1.29, 1.82) is 0 Å². The van der Waals surface area contributed by atoms with Gasteiger partial charge in [0.1, 0.15) is 4.90 Å². The van der Waals surface area contributed by atoms with Crippen LogP contribution in [0.5, 0.6) is 0 Å². The summed E-state index contributed by atoms with van der Waals surface area (Å²) in [6, 6.07) is 3.39. The summed E-state index contributed by atoms with van der Waals surface area (Å²) in [5.74, 6) is -1.12. The highest BCUT2D eigenvalue weighted by molar-refractivity contribution is 7.90. The van der Waals surface area contributed by atoms with Crippen LogP contribution < -0.4 is 0 Å². The molecule has 0 saturated carbocycles. The fraction of sp³-hybridized carbons (Fsp3) is 0. The molecule has 74 valence electrons. The molecule has 0 amide bonds. The highest BCUT2D eigenvalue weighted by Crippen LogP contribution is 2.23. The van der Waals surface area contributed by atoms with E-state index in [1.807, 2.05) is 0 Å². The van der Waals surface area contributed by atoms with E-state index in [2.05, 4.69) is 9.43 Å². The Morgan fingerprint density at radius 3 is 2.71 bits per heavy atom. The van der Waals surface area contributed by atoms with Gasteiger partial charge in [-0.2, -0.15) is 0 Å². The van der Waals surface area contributed by atoms with E-state index in [1.54, 1.807) is 0 Å². The molecule has 0 N–H and O–H groups in total. The second-order valence-electron chi connectivity index (χ2n) is 2.20. The summed E-state index contributed by atoms with van der Waals surface area (Å²) in [4.78, 5) is 1.35. The zero-order chi connectivity index (χ0) is 10.8. The molecule has 1 rings (SSSR count). The zero-order valence-corrected chi connectivity index (χ0v) is 8.13. The average Bonchev–Trinajstić information content (AvgIpc) is 2.09. The predicted molar refractivity (Wildman–Crippen MR) is 47.7 cm³/mol. The monoisotopic (exact) mass is 235 g/mol. The van der Waals surface area contributed by atoms with Crippen LogP contribution in [0, 0.1) is 5.82 Å². The summed E-state index contributed by atoms with van der Waals surface area (Å²) in [5.41, 5.74) is 7.95. The highest BCUT2D eigenvalue weighted by Gasteiger charge is 2.18. The number of hydrogen-bond donors (Lipinski definition) is 0. The van der Waals surface area contributed by atoms with Gasteiger partial charge in [-0.05, 0) is 17.7 Å². The SMILES string of the molecule is [N-]=[N+]=NS(=O)(=O)c1cccc(Cl)c1F. The van der Waals surface area contributed by atoms with Crippen molar-refractivity contribution in [1.82, 2.24) is 0 Å². The van der Waals surface area contributed by atoms with Crippen LogP contribution in [-0.2, 0) is 10.0 Å². The second kappa shape index (κ2) is 3.83. The van der Waals surface area contributed by atoms with Crippen molar-refractivity contribution in [2.24, 2.45) is 4.52 Å². The Morgan fingerprint density at radius 1 is 1.50 bits per heavy atom. The number of rotatable bonds is 2. The lowest BCUT2D eigenvalue weighted by Gasteiger charge is -1.99. The van der Waals surface area contributed by atoms with Crippen molar-refractivity contribution in [3.8, 4) is 0 Å². The van der Waals surface area contributed by atoms with Crippen LogP contribution in [0.25, 0.3) is 10.4 Å². The van der Waals surface area contributed by atoms with E-state index in [-0.39, 0.29) is 5.02 Å². The van der Waals surface area contributed by atoms with Gasteiger partial charge in [-0.1, -0.05) is 17.7 Å². The minimum absolute atomic E-state index is 0.348. The smallest absolute Gasteiger partial charge is 0.216 e. The lowest BCUT2D eigenvalue weighted by atomic mass is 10.3. The quantitative estimate of drug-likeness (QED) is 0.448. The van der Waals surface area contributed by atoms with Crippen molar-refractivity contribution in [3.63, 3.8) is 0 Å². The van der Waals surface area contributed by atoms with Crippen LogP contribution in [0.2, 0.25) is 5.02 Å². The molecule has 0 aliphatic rings. The number of nitrogens with zero attached hydrogens (tertiary/aromatic N) is 3. The van der Waals surface area contributed by atoms with Gasteiger partial charge in [-0.15, -0.1) is 0 Å². The van der Waals surface area contributed by atoms with Gasteiger partial charge >= 0.3 is 0 Å². The minimum Gasteiger partial charge on any atom is -0.216 e. The second-order valence-corrected chi connectivity index (χ2v) is 4.16. The summed E-state index contributed by atoms with van der Waals surface area (Å²) in [6.07, 6.45) is 0. The van der Waals surface area contributed by atoms with Gasteiger partial charge in [0, 0.05) is 9.43 Å². The summed E-state index contributed by atoms with van der Waals surface area (Å²) in [6.45, 7) is 0. The van der Waals surface area contributed by atoms with Gasteiger partial charge in [0.2, 0.25) is 0 Å². The van der Waals surface area contributed by atoms with Crippen LogP contribution in [-0.4, -0.2) is 8.42 Å². The maximum absolute atomic E-state index is 13.1. The molecule has 0 saturated heterocycles. The summed E-state index contributed by atoms with van der Waals surface area (Å²) in [7, 11) is -4.31. The molecular weight excluding hydrogens is 233 g/mol. The minimum atomic E-state index is -4.31. The van der Waals surface area contributed by atoms with Gasteiger partial charge < -0.3 is 0 Å². The lowest BCUT2D eigenvalue weighted by molar-refractivity contribution is 0.568. The molecule has 14 heavy (non-hydrogen) atoms. The van der Waals surface area contributed by atoms with Crippen molar-refractivity contribution in [2.45, 2.75) is 4.90 Å². The molecule has 1 aromatic carbocycles. The fourth-order valence-corrected chi connectivity index (χ4v) is 1.78. The summed E-state index contributed by atoms with van der Waals surface area (Å²) in [5, 5.41) is -0.348. The first kappa shape index (κ1) is 10.8. The Morgan fingerprint density at radius 2 is 2.14 bits per heavy atom. The third-order valence-electron chi connectivity index (χ3n) is 1.34. The number of benzene rings is 1. The van der Waals surface area contributed by atoms with E-state index < -0.39 is 20.7 Å². The molecule has 0 fully saturated rings. The number of halogens is 2. The summed E-state index contributed by atoms with van der Waals surface area (Å²) < 4.78 is 37.8. The van der Waals surface area contributed by atoms with E-state index in [4.69, 9.17) is 17.1 Å². The average molecular weight is 236 g/mol. The van der Waals surface area contributed by atoms with Crippen molar-refractivity contribution < 1.29 is 12.8 Å². The molecular formula is C6H3ClFN3O2S. The standard InChI is InChI=1S/C6H3ClFN3O2S/c7-4-2-1-3-5(6(4)8)14(12,13)11-10-9/h1-3H. The van der Waals surface area contributed by atoms with Crippen molar-refractivity contribution in [3.05, 3.63) is 39.5 Å². The van der Waals surface area contributed by atoms with Gasteiger partial charge in [0.15, 0.2) is 5.82 Å². The zero-order valence-electron chi connectivity index (χ0n) is 6.55. The first-order valence-electron chi connectivity index (χ1n) is 3.24. The van der Waals surface area contributed by atoms with Gasteiger partial charge in [0.05, 0.1) is 5.02 Å². The first-order valence-corrected chi connectivity index (χ1v) is 5.06. The van der Waals surface area contributed by atoms with Gasteiger partial charge in [0.25, 0.3) is 10.0 Å². The van der Waals surface area contributed by atoms with Crippen LogP contribution in [0.4, 0.5) is 4.39 Å². The molecule has 0 atom stereocenters. The van der Waals surface area contributed by atoms with Gasteiger partial charge in [-0.25, -0.2) is 12.8 Å². The molecule has 8 heteroatoms. The van der Waals surface area contributed by atoms with E-state index in [0.717, 1.165) is 6.07 Å². The molecule has 5 nitrogen and oxygen atoms in total. The topological polar surface area (TPSA) is 82.9 Å². The molecule has 0 aliphatic carbocycles. The van der Waals surface area contributed by atoms with E-state index >= 15 is 0 Å². The van der Waals surface area contributed by atoms with Crippen molar-refractivity contribution >= 4 is 21.6 Å². The largest absolute Gasteiger partial charge is 0.267 e. The highest BCUT2D eigenvalue weighted by atomic mass is 35.5. The maximum Gasteiger partial charge on any atom is 0.267 e. The van der Waals surface area contributed by atoms with E-state index in [0.29, 0.717) is 0 Å². The Kier molecular flexibility index (Phi) is 2.95. The Balaban J connectivity index is 3.49. The number of hydrogen-bond acceptors (Lipinski definition) is 2. The first-order chi connectivity index (χ1) is 6.49. The Hall–Kier alpha value is -1.30. The van der Waals surface area contributed by atoms with Crippen LogP contribution in [0.15, 0.2) is 27.6 Å². The molecule has 0 aromatic heterocycles. The molecule has 0 unspecified atom stereocenters. The van der Waals surface area contributed by atoms with Crippen molar-refractivity contribution in [2.75, 3.05) is 0 Å². The fourth-order valence-electron chi connectivity index (χ4n) is 0.775. The summed E-state index contributed by atoms with van der Waals surface area (Å²) >= 11 is 5.35. The molecule has 0 heterocycles. The third kappa shape index (κ3) is 1.95. The van der Waals surface area contributed by atoms with E-state index in [1.165, 1.54) is 12.1 Å². The molecule has 0 aliphatic heterocycles. The predicted octanol–water partition coefficient (Wildman–Crippen LogP) is 2.48. The lowest BCUT2D eigenvalue weighted by Crippen LogP contribution is -1.99. The van der Waals surface area contributed by atoms with E-state index in [9.17, 15) is 12.8 Å².